The van der Waals surface area contributed by atoms with Gasteiger partial charge in [0.15, 0.2) is 0 Å². The zero-order chi connectivity index (χ0) is 27.4. The highest BCUT2D eigenvalue weighted by Gasteiger charge is 2.22. The van der Waals surface area contributed by atoms with Crippen molar-refractivity contribution in [2.24, 2.45) is 0 Å². The van der Waals surface area contributed by atoms with Crippen LogP contribution in [-0.4, -0.2) is 38.9 Å². The van der Waals surface area contributed by atoms with Gasteiger partial charge in [-0.15, -0.1) is 11.3 Å². The molecule has 0 saturated carbocycles. The highest BCUT2D eigenvalue weighted by molar-refractivity contribution is 7.17. The van der Waals surface area contributed by atoms with Crippen molar-refractivity contribution in [3.63, 3.8) is 0 Å². The first-order valence-corrected chi connectivity index (χ1v) is 13.6. The maximum atomic E-state index is 10.9. The average molecular weight is 541 g/mol. The van der Waals surface area contributed by atoms with Gasteiger partial charge < -0.3 is 10.1 Å². The summed E-state index contributed by atoms with van der Waals surface area (Å²) in [6.07, 6.45) is 5.12. The molecule has 5 rings (SSSR count). The zero-order valence-corrected chi connectivity index (χ0v) is 22.6. The van der Waals surface area contributed by atoms with E-state index in [2.05, 4.69) is 10.2 Å². The van der Waals surface area contributed by atoms with Crippen LogP contribution in [0.5, 0.6) is 11.6 Å². The molecule has 39 heavy (non-hydrogen) atoms. The van der Waals surface area contributed by atoms with Crippen molar-refractivity contribution < 1.29 is 9.66 Å². The number of allylic oxidation sites excluding steroid dienone is 1. The maximum Gasteiger partial charge on any atom is 0.269 e. The molecule has 1 saturated heterocycles. The molecular formula is C29H28N6O3S. The van der Waals surface area contributed by atoms with E-state index in [-0.39, 0.29) is 16.7 Å². The second-order valence-corrected chi connectivity index (χ2v) is 10.6. The molecule has 0 amide bonds. The van der Waals surface area contributed by atoms with Gasteiger partial charge in [-0.1, -0.05) is 12.1 Å². The van der Waals surface area contributed by atoms with Crippen LogP contribution in [0.15, 0.2) is 53.9 Å². The van der Waals surface area contributed by atoms with E-state index in [1.807, 2.05) is 55.6 Å². The number of piperidine rings is 1. The van der Waals surface area contributed by atoms with E-state index in [9.17, 15) is 10.1 Å². The van der Waals surface area contributed by atoms with Crippen LogP contribution in [0.3, 0.4) is 0 Å². The van der Waals surface area contributed by atoms with Gasteiger partial charge in [0, 0.05) is 43.9 Å². The monoisotopic (exact) mass is 540 g/mol. The first-order chi connectivity index (χ1) is 18.9. The molecule has 1 fully saturated rings. The number of ether oxygens (including phenoxy) is 1. The molecule has 0 atom stereocenters. The second kappa shape index (κ2) is 11.6. The highest BCUT2D eigenvalue weighted by atomic mass is 32.1. The fourth-order valence-corrected chi connectivity index (χ4v) is 5.60. The molecule has 198 valence electrons. The van der Waals surface area contributed by atoms with Crippen molar-refractivity contribution in [3.05, 3.63) is 86.3 Å². The van der Waals surface area contributed by atoms with Crippen LogP contribution in [-0.2, 0) is 6.54 Å². The fourth-order valence-electron chi connectivity index (χ4n) is 4.84. The topological polar surface area (TPSA) is 117 Å². The molecule has 3 heterocycles. The first kappa shape index (κ1) is 26.3. The Kier molecular flexibility index (Phi) is 7.81. The van der Waals surface area contributed by atoms with E-state index >= 15 is 0 Å². The highest BCUT2D eigenvalue weighted by Crippen LogP contribution is 2.36. The molecule has 10 heteroatoms. The van der Waals surface area contributed by atoms with Crippen LogP contribution >= 0.6 is 11.3 Å². The first-order valence-electron chi connectivity index (χ1n) is 12.7. The standard InChI is InChI=1S/C29H28N6O3S/c1-19-16-22(4-3-12-30)17-20(2)26(19)38-28-27-25(11-15-39-27)32-29(33-28)31-23-9-13-34(14-10-23)18-21-5-7-24(8-6-21)35(36)37/h3-8,11,15-17,23H,9-10,13-14,18H2,1-2H3,(H,31,32,33)/b4-3+. The lowest BCUT2D eigenvalue weighted by molar-refractivity contribution is -0.384. The van der Waals surface area contributed by atoms with Crippen LogP contribution in [0.25, 0.3) is 16.3 Å². The SMILES string of the molecule is Cc1cc(/C=C/C#N)cc(C)c1Oc1nc(NC2CCN(Cc3ccc([N+](=O)[O-])cc3)CC2)nc2ccsc12. The van der Waals surface area contributed by atoms with Crippen molar-refractivity contribution in [1.29, 1.82) is 5.26 Å². The molecule has 2 aromatic carbocycles. The van der Waals surface area contributed by atoms with E-state index in [0.29, 0.717) is 11.8 Å². The fraction of sp³-hybridized carbons (Fsp3) is 0.276. The number of hydrogen-bond acceptors (Lipinski definition) is 9. The molecule has 0 bridgehead atoms. The number of rotatable bonds is 8. The predicted molar refractivity (Wildman–Crippen MR) is 153 cm³/mol. The number of nitro benzene ring substituents is 1. The smallest absolute Gasteiger partial charge is 0.269 e. The van der Waals surface area contributed by atoms with Crippen molar-refractivity contribution in [1.82, 2.24) is 14.9 Å². The van der Waals surface area contributed by atoms with Crippen molar-refractivity contribution in [3.8, 4) is 17.7 Å². The summed E-state index contributed by atoms with van der Waals surface area (Å²) in [4.78, 5) is 22.4. The van der Waals surface area contributed by atoms with E-state index in [0.717, 1.165) is 70.7 Å². The Balaban J connectivity index is 1.26. The van der Waals surface area contributed by atoms with Crippen LogP contribution in [0.1, 0.15) is 35.1 Å². The number of nitrogens with zero attached hydrogens (tertiary/aromatic N) is 5. The third kappa shape index (κ3) is 6.22. The number of thiophene rings is 1. The number of anilines is 1. The van der Waals surface area contributed by atoms with Gasteiger partial charge in [0.1, 0.15) is 10.4 Å². The van der Waals surface area contributed by atoms with Gasteiger partial charge in [0.05, 0.1) is 16.5 Å². The van der Waals surface area contributed by atoms with Gasteiger partial charge in [-0.25, -0.2) is 4.98 Å². The van der Waals surface area contributed by atoms with Crippen molar-refractivity contribution in [2.45, 2.75) is 39.3 Å². The summed E-state index contributed by atoms with van der Waals surface area (Å²) in [6, 6.07) is 15.0. The minimum absolute atomic E-state index is 0.114. The lowest BCUT2D eigenvalue weighted by Crippen LogP contribution is -2.39. The van der Waals surface area contributed by atoms with Crippen LogP contribution < -0.4 is 10.1 Å². The summed E-state index contributed by atoms with van der Waals surface area (Å²) in [5.41, 5.74) is 4.90. The predicted octanol–water partition coefficient (Wildman–Crippen LogP) is 6.62. The van der Waals surface area contributed by atoms with E-state index < -0.39 is 0 Å². The van der Waals surface area contributed by atoms with Crippen LogP contribution in [0, 0.1) is 35.3 Å². The largest absolute Gasteiger partial charge is 0.437 e. The molecule has 0 aliphatic carbocycles. The second-order valence-electron chi connectivity index (χ2n) is 9.65. The number of fused-ring (bicyclic) bond motifs is 1. The molecule has 0 spiro atoms. The number of aryl methyl sites for hydroxylation is 2. The maximum absolute atomic E-state index is 10.9. The Bertz CT molecular complexity index is 1540. The molecule has 1 N–H and O–H groups in total. The van der Waals surface area contributed by atoms with E-state index in [1.54, 1.807) is 29.5 Å². The van der Waals surface area contributed by atoms with Crippen molar-refractivity contribution >= 4 is 39.3 Å². The van der Waals surface area contributed by atoms with Gasteiger partial charge in [-0.3, -0.25) is 15.0 Å². The molecular weight excluding hydrogens is 512 g/mol. The van der Waals surface area contributed by atoms with Gasteiger partial charge in [0.25, 0.3) is 5.69 Å². The third-order valence-electron chi connectivity index (χ3n) is 6.78. The molecule has 0 unspecified atom stereocenters. The Morgan fingerprint density at radius 1 is 1.18 bits per heavy atom. The third-order valence-corrected chi connectivity index (χ3v) is 7.67. The lowest BCUT2D eigenvalue weighted by Gasteiger charge is -2.32. The Morgan fingerprint density at radius 3 is 2.56 bits per heavy atom. The lowest BCUT2D eigenvalue weighted by atomic mass is 10.0. The molecule has 2 aromatic heterocycles. The molecule has 4 aromatic rings. The zero-order valence-electron chi connectivity index (χ0n) is 21.8. The minimum atomic E-state index is -0.374. The number of nitrogens with one attached hydrogen (secondary N) is 1. The average Bonchev–Trinajstić information content (AvgIpc) is 3.40. The van der Waals surface area contributed by atoms with Gasteiger partial charge in [-0.2, -0.15) is 10.2 Å². The summed E-state index contributed by atoms with van der Waals surface area (Å²) in [7, 11) is 0. The Hall–Kier alpha value is -4.33. The number of nitriles is 1. The number of benzene rings is 2. The van der Waals surface area contributed by atoms with Crippen LogP contribution in [0.2, 0.25) is 0 Å². The summed E-state index contributed by atoms with van der Waals surface area (Å²) >= 11 is 1.55. The number of nitro groups is 1. The molecule has 0 radical (unpaired) electrons. The number of aromatic nitrogens is 2. The molecule has 9 nitrogen and oxygen atoms in total. The number of non-ortho nitro benzene ring substituents is 1. The van der Waals surface area contributed by atoms with Gasteiger partial charge in [-0.05, 0) is 78.6 Å². The van der Waals surface area contributed by atoms with Gasteiger partial charge >= 0.3 is 0 Å². The quantitative estimate of drug-likeness (QED) is 0.150. The normalized spacial score (nSPS) is 14.5. The molecule has 1 aliphatic heterocycles. The summed E-state index contributed by atoms with van der Waals surface area (Å²) < 4.78 is 7.28. The summed E-state index contributed by atoms with van der Waals surface area (Å²) in [6.45, 7) is 6.56. The summed E-state index contributed by atoms with van der Waals surface area (Å²) in [5, 5.41) is 25.2. The van der Waals surface area contributed by atoms with E-state index in [1.165, 1.54) is 6.08 Å². The number of likely N-dealkylation sites (tertiary alicyclic amines) is 1. The van der Waals surface area contributed by atoms with Crippen molar-refractivity contribution in [2.75, 3.05) is 18.4 Å². The number of hydrogen-bond donors (Lipinski definition) is 1. The molecule has 1 aliphatic rings. The Labute approximate surface area is 230 Å². The van der Waals surface area contributed by atoms with Gasteiger partial charge in [0.2, 0.25) is 11.8 Å². The summed E-state index contributed by atoms with van der Waals surface area (Å²) in [5.74, 6) is 1.83. The minimum Gasteiger partial charge on any atom is -0.437 e. The Morgan fingerprint density at radius 2 is 1.90 bits per heavy atom. The van der Waals surface area contributed by atoms with E-state index in [4.69, 9.17) is 20.0 Å². The van der Waals surface area contributed by atoms with Crippen LogP contribution in [0.4, 0.5) is 11.6 Å².